The molecule has 0 saturated carbocycles. The second-order valence-electron chi connectivity index (χ2n) is 3.10. The van der Waals surface area contributed by atoms with E-state index in [1.165, 1.54) is 6.92 Å². The molecule has 2 rings (SSSR count). The Labute approximate surface area is 96.4 Å². The number of halogens is 1. The normalized spacial score (nSPS) is 10.1. The van der Waals surface area contributed by atoms with Gasteiger partial charge in [0.05, 0.1) is 0 Å². The van der Waals surface area contributed by atoms with Crippen LogP contribution in [0.4, 0.5) is 0 Å². The second-order valence-corrected chi connectivity index (χ2v) is 3.54. The van der Waals surface area contributed by atoms with Gasteiger partial charge in [0.25, 0.3) is 5.88 Å². The minimum Gasteiger partial charge on any atom is -0.436 e. The Balaban J connectivity index is 2.23. The minimum atomic E-state index is -0.186. The topological polar surface area (TPSA) is 67.9 Å². The molecule has 0 unspecified atom stereocenters. The molecular formula is C10H8ClN3O2. The van der Waals surface area contributed by atoms with Crippen molar-refractivity contribution in [1.29, 1.82) is 0 Å². The standard InChI is InChI=1S/C10H8ClN3O2/c1-6(15)9-10(13-14-12-9)16-8-4-2-7(11)3-5-8/h2-5H,1H3,(H,12,13,14). The molecule has 16 heavy (non-hydrogen) atoms. The van der Waals surface area contributed by atoms with Crippen LogP contribution in [0.5, 0.6) is 11.6 Å². The van der Waals surface area contributed by atoms with Crippen molar-refractivity contribution in [2.45, 2.75) is 6.92 Å². The van der Waals surface area contributed by atoms with E-state index in [0.29, 0.717) is 10.8 Å². The molecule has 0 spiro atoms. The van der Waals surface area contributed by atoms with Crippen molar-refractivity contribution in [3.05, 3.63) is 35.0 Å². The fourth-order valence-corrected chi connectivity index (χ4v) is 1.26. The molecule has 0 amide bonds. The lowest BCUT2D eigenvalue weighted by Crippen LogP contribution is -1.96. The van der Waals surface area contributed by atoms with Crippen molar-refractivity contribution in [2.24, 2.45) is 0 Å². The summed E-state index contributed by atoms with van der Waals surface area (Å²) in [5.74, 6) is 0.518. The number of H-pyrrole nitrogens is 1. The van der Waals surface area contributed by atoms with Gasteiger partial charge in [-0.2, -0.15) is 0 Å². The molecule has 1 aromatic heterocycles. The quantitative estimate of drug-likeness (QED) is 0.833. The lowest BCUT2D eigenvalue weighted by molar-refractivity contribution is 0.101. The molecule has 2 aromatic rings. The van der Waals surface area contributed by atoms with Gasteiger partial charge in [0.1, 0.15) is 5.75 Å². The lowest BCUT2D eigenvalue weighted by atomic mass is 10.3. The molecule has 0 saturated heterocycles. The third-order valence-electron chi connectivity index (χ3n) is 1.90. The van der Waals surface area contributed by atoms with Crippen LogP contribution in [0, 0.1) is 0 Å². The molecule has 1 N–H and O–H groups in total. The third kappa shape index (κ3) is 2.20. The zero-order valence-electron chi connectivity index (χ0n) is 8.40. The van der Waals surface area contributed by atoms with Crippen LogP contribution < -0.4 is 4.74 Å². The number of hydrogen-bond donors (Lipinski definition) is 1. The SMILES string of the molecule is CC(=O)c1[nH]nnc1Oc1ccc(Cl)cc1. The summed E-state index contributed by atoms with van der Waals surface area (Å²) in [6.07, 6.45) is 0. The van der Waals surface area contributed by atoms with E-state index in [2.05, 4.69) is 15.4 Å². The maximum Gasteiger partial charge on any atom is 0.269 e. The molecule has 1 heterocycles. The van der Waals surface area contributed by atoms with Crippen LogP contribution in [0.2, 0.25) is 5.02 Å². The molecule has 1 aromatic carbocycles. The first kappa shape index (κ1) is 10.6. The summed E-state index contributed by atoms with van der Waals surface area (Å²) in [6, 6.07) is 6.73. The predicted octanol–water partition coefficient (Wildman–Crippen LogP) is 2.45. The van der Waals surface area contributed by atoms with Gasteiger partial charge < -0.3 is 4.74 Å². The number of nitrogens with one attached hydrogen (secondary N) is 1. The number of benzene rings is 1. The zero-order chi connectivity index (χ0) is 11.5. The number of rotatable bonds is 3. The van der Waals surface area contributed by atoms with Crippen molar-refractivity contribution in [1.82, 2.24) is 15.4 Å². The molecule has 0 aliphatic rings. The number of Topliss-reactive ketones (excluding diaryl/α,β-unsaturated/α-hetero) is 1. The number of ether oxygens (including phenoxy) is 1. The van der Waals surface area contributed by atoms with Gasteiger partial charge in [-0.05, 0) is 24.3 Å². The molecule has 0 aliphatic carbocycles. The Kier molecular flexibility index (Phi) is 2.87. The molecule has 6 heteroatoms. The third-order valence-corrected chi connectivity index (χ3v) is 2.15. The van der Waals surface area contributed by atoms with Crippen LogP contribution >= 0.6 is 11.6 Å². The Morgan fingerprint density at radius 2 is 2.06 bits per heavy atom. The summed E-state index contributed by atoms with van der Waals surface area (Å²) in [4.78, 5) is 11.2. The van der Waals surface area contributed by atoms with E-state index in [4.69, 9.17) is 16.3 Å². The highest BCUT2D eigenvalue weighted by molar-refractivity contribution is 6.30. The van der Waals surface area contributed by atoms with Crippen molar-refractivity contribution < 1.29 is 9.53 Å². The largest absolute Gasteiger partial charge is 0.436 e. The molecule has 0 bridgehead atoms. The lowest BCUT2D eigenvalue weighted by Gasteiger charge is -2.02. The molecule has 82 valence electrons. The average molecular weight is 238 g/mol. The number of hydrogen-bond acceptors (Lipinski definition) is 4. The van der Waals surface area contributed by atoms with E-state index in [0.717, 1.165) is 0 Å². The van der Waals surface area contributed by atoms with E-state index in [1.807, 2.05) is 0 Å². The van der Waals surface area contributed by atoms with Crippen LogP contribution in [-0.2, 0) is 0 Å². The van der Waals surface area contributed by atoms with Gasteiger partial charge in [0.2, 0.25) is 0 Å². The summed E-state index contributed by atoms with van der Waals surface area (Å²) in [5, 5.41) is 10.3. The van der Waals surface area contributed by atoms with Crippen molar-refractivity contribution in [3.63, 3.8) is 0 Å². The van der Waals surface area contributed by atoms with Crippen LogP contribution in [0.15, 0.2) is 24.3 Å². The van der Waals surface area contributed by atoms with Gasteiger partial charge in [-0.1, -0.05) is 21.9 Å². The first-order valence-electron chi connectivity index (χ1n) is 4.52. The number of nitrogens with zero attached hydrogens (tertiary/aromatic N) is 2. The molecule has 0 radical (unpaired) electrons. The van der Waals surface area contributed by atoms with E-state index in [-0.39, 0.29) is 17.4 Å². The Bertz CT molecular complexity index is 507. The number of carbonyl (C=O) groups excluding carboxylic acids is 1. The zero-order valence-corrected chi connectivity index (χ0v) is 9.15. The number of aromatic nitrogens is 3. The number of carbonyl (C=O) groups is 1. The molecule has 5 nitrogen and oxygen atoms in total. The van der Waals surface area contributed by atoms with Crippen molar-refractivity contribution in [3.8, 4) is 11.6 Å². The number of ketones is 1. The van der Waals surface area contributed by atoms with Gasteiger partial charge in [-0.3, -0.25) is 9.89 Å². The summed E-state index contributed by atoms with van der Waals surface area (Å²) in [6.45, 7) is 1.41. The first-order chi connectivity index (χ1) is 7.66. The Hall–Kier alpha value is -1.88. The van der Waals surface area contributed by atoms with Crippen LogP contribution in [0.25, 0.3) is 0 Å². The smallest absolute Gasteiger partial charge is 0.269 e. The highest BCUT2D eigenvalue weighted by Crippen LogP contribution is 2.23. The van der Waals surface area contributed by atoms with Gasteiger partial charge in [0.15, 0.2) is 11.5 Å². The molecule has 0 aliphatic heterocycles. The van der Waals surface area contributed by atoms with Gasteiger partial charge in [-0.25, -0.2) is 0 Å². The molecular weight excluding hydrogens is 230 g/mol. The van der Waals surface area contributed by atoms with Gasteiger partial charge in [-0.15, -0.1) is 0 Å². The van der Waals surface area contributed by atoms with Gasteiger partial charge >= 0.3 is 0 Å². The number of aromatic amines is 1. The Morgan fingerprint density at radius 1 is 1.38 bits per heavy atom. The summed E-state index contributed by atoms with van der Waals surface area (Å²) >= 11 is 5.73. The Morgan fingerprint density at radius 3 is 2.69 bits per heavy atom. The summed E-state index contributed by atoms with van der Waals surface area (Å²) in [7, 11) is 0. The van der Waals surface area contributed by atoms with Gasteiger partial charge in [0, 0.05) is 11.9 Å². The second kappa shape index (κ2) is 4.32. The van der Waals surface area contributed by atoms with E-state index in [9.17, 15) is 4.79 Å². The van der Waals surface area contributed by atoms with E-state index < -0.39 is 0 Å². The molecule has 0 atom stereocenters. The summed E-state index contributed by atoms with van der Waals surface area (Å²) < 4.78 is 5.38. The maximum absolute atomic E-state index is 11.2. The fraction of sp³-hybridized carbons (Fsp3) is 0.100. The monoisotopic (exact) mass is 237 g/mol. The van der Waals surface area contributed by atoms with Crippen LogP contribution in [0.3, 0.4) is 0 Å². The van der Waals surface area contributed by atoms with E-state index in [1.54, 1.807) is 24.3 Å². The van der Waals surface area contributed by atoms with Crippen molar-refractivity contribution >= 4 is 17.4 Å². The van der Waals surface area contributed by atoms with Crippen LogP contribution in [-0.4, -0.2) is 21.2 Å². The predicted molar refractivity (Wildman–Crippen MR) is 57.9 cm³/mol. The van der Waals surface area contributed by atoms with Crippen LogP contribution in [0.1, 0.15) is 17.4 Å². The fourth-order valence-electron chi connectivity index (χ4n) is 1.13. The average Bonchev–Trinajstić information content (AvgIpc) is 2.69. The highest BCUT2D eigenvalue weighted by Gasteiger charge is 2.13. The minimum absolute atomic E-state index is 0.162. The first-order valence-corrected chi connectivity index (χ1v) is 4.90. The van der Waals surface area contributed by atoms with Crippen molar-refractivity contribution in [2.75, 3.05) is 0 Å². The summed E-state index contributed by atoms with van der Waals surface area (Å²) in [5.41, 5.74) is 0.245. The maximum atomic E-state index is 11.2. The molecule has 0 fully saturated rings. The van der Waals surface area contributed by atoms with E-state index >= 15 is 0 Å². The highest BCUT2D eigenvalue weighted by atomic mass is 35.5.